The average molecular weight is 270 g/mol. The van der Waals surface area contributed by atoms with Crippen LogP contribution in [0.25, 0.3) is 0 Å². The molecule has 1 aromatic heterocycles. The summed E-state index contributed by atoms with van der Waals surface area (Å²) in [5, 5.41) is 12.6. The smallest absolute Gasteiger partial charge is 0.258 e. The van der Waals surface area contributed by atoms with Crippen molar-refractivity contribution in [3.63, 3.8) is 0 Å². The van der Waals surface area contributed by atoms with Crippen LogP contribution in [0.3, 0.4) is 0 Å². The minimum absolute atomic E-state index is 0.233. The Labute approximate surface area is 105 Å². The van der Waals surface area contributed by atoms with E-state index in [9.17, 15) is 14.5 Å². The number of aryl methyl sites for hydroxylation is 1. The second-order valence-corrected chi connectivity index (χ2v) is 5.37. The molecular formula is C10H7FN2O2S2. The highest BCUT2D eigenvalue weighted by atomic mass is 32.2. The Morgan fingerprint density at radius 1 is 1.53 bits per heavy atom. The molecule has 0 saturated carbocycles. The van der Waals surface area contributed by atoms with E-state index in [-0.39, 0.29) is 5.69 Å². The summed E-state index contributed by atoms with van der Waals surface area (Å²) < 4.78 is 13.6. The zero-order chi connectivity index (χ0) is 12.4. The van der Waals surface area contributed by atoms with Gasteiger partial charge < -0.3 is 0 Å². The third-order valence-corrected chi connectivity index (χ3v) is 4.03. The van der Waals surface area contributed by atoms with E-state index in [1.807, 2.05) is 12.3 Å². The summed E-state index contributed by atoms with van der Waals surface area (Å²) in [7, 11) is 0. The van der Waals surface area contributed by atoms with Crippen molar-refractivity contribution in [2.75, 3.05) is 0 Å². The monoisotopic (exact) mass is 270 g/mol. The Balaban J connectivity index is 2.35. The minimum Gasteiger partial charge on any atom is -0.258 e. The molecule has 2 rings (SSSR count). The van der Waals surface area contributed by atoms with Gasteiger partial charge in [-0.2, -0.15) is 0 Å². The first-order valence-electron chi connectivity index (χ1n) is 4.60. The van der Waals surface area contributed by atoms with E-state index in [1.54, 1.807) is 0 Å². The van der Waals surface area contributed by atoms with Crippen LogP contribution in [-0.2, 0) is 0 Å². The molecule has 0 aliphatic carbocycles. The van der Waals surface area contributed by atoms with Crippen molar-refractivity contribution in [2.24, 2.45) is 0 Å². The fourth-order valence-corrected chi connectivity index (χ4v) is 3.07. The maximum absolute atomic E-state index is 12.9. The third kappa shape index (κ3) is 2.80. The lowest BCUT2D eigenvalue weighted by Gasteiger charge is -1.99. The first-order valence-corrected chi connectivity index (χ1v) is 6.30. The summed E-state index contributed by atoms with van der Waals surface area (Å²) in [4.78, 5) is 14.8. The van der Waals surface area contributed by atoms with Crippen LogP contribution in [-0.4, -0.2) is 9.91 Å². The Morgan fingerprint density at radius 3 is 2.88 bits per heavy atom. The van der Waals surface area contributed by atoms with E-state index >= 15 is 0 Å². The molecule has 7 heteroatoms. The average Bonchev–Trinajstić information content (AvgIpc) is 2.66. The molecule has 0 amide bonds. The predicted octanol–water partition coefficient (Wildman–Crippen LogP) is 3.65. The van der Waals surface area contributed by atoms with Gasteiger partial charge in [0.1, 0.15) is 5.82 Å². The highest BCUT2D eigenvalue weighted by Crippen LogP contribution is 2.36. The molecule has 2 aromatic rings. The van der Waals surface area contributed by atoms with Crippen molar-refractivity contribution in [1.82, 2.24) is 4.98 Å². The zero-order valence-electron chi connectivity index (χ0n) is 8.71. The highest BCUT2D eigenvalue weighted by molar-refractivity contribution is 8.01. The van der Waals surface area contributed by atoms with Gasteiger partial charge in [-0.05, 0) is 19.1 Å². The van der Waals surface area contributed by atoms with Gasteiger partial charge in [-0.1, -0.05) is 11.8 Å². The van der Waals surface area contributed by atoms with Crippen molar-refractivity contribution >= 4 is 28.8 Å². The van der Waals surface area contributed by atoms with Crippen molar-refractivity contribution in [1.29, 1.82) is 0 Å². The lowest BCUT2D eigenvalue weighted by atomic mass is 10.3. The fraction of sp³-hybridized carbons (Fsp3) is 0.100. The number of nitro groups is 1. The van der Waals surface area contributed by atoms with Crippen LogP contribution < -0.4 is 0 Å². The van der Waals surface area contributed by atoms with Crippen molar-refractivity contribution < 1.29 is 9.31 Å². The molecule has 0 spiro atoms. The van der Waals surface area contributed by atoms with Gasteiger partial charge in [0.15, 0.2) is 4.34 Å². The molecule has 1 aromatic carbocycles. The van der Waals surface area contributed by atoms with Gasteiger partial charge in [-0.25, -0.2) is 9.37 Å². The summed E-state index contributed by atoms with van der Waals surface area (Å²) >= 11 is 2.58. The van der Waals surface area contributed by atoms with E-state index < -0.39 is 10.7 Å². The molecule has 0 atom stereocenters. The SMILES string of the molecule is Cc1csc(Sc2ccc(F)cc2[N+](=O)[O-])n1. The molecule has 0 aliphatic heterocycles. The van der Waals surface area contributed by atoms with Crippen molar-refractivity contribution in [2.45, 2.75) is 16.2 Å². The Kier molecular flexibility index (Phi) is 3.39. The number of thiazole rings is 1. The number of hydrogen-bond donors (Lipinski definition) is 0. The van der Waals surface area contributed by atoms with Gasteiger partial charge in [0.2, 0.25) is 0 Å². The van der Waals surface area contributed by atoms with Crippen LogP contribution in [0.4, 0.5) is 10.1 Å². The van der Waals surface area contributed by atoms with E-state index in [1.165, 1.54) is 35.2 Å². The van der Waals surface area contributed by atoms with Gasteiger partial charge in [0.05, 0.1) is 15.9 Å². The van der Waals surface area contributed by atoms with E-state index in [2.05, 4.69) is 4.98 Å². The van der Waals surface area contributed by atoms with Crippen LogP contribution in [0.2, 0.25) is 0 Å². The largest absolute Gasteiger partial charge is 0.286 e. The summed E-state index contributed by atoms with van der Waals surface area (Å²) in [6.07, 6.45) is 0. The molecule has 0 saturated heterocycles. The summed E-state index contributed by atoms with van der Waals surface area (Å²) in [6, 6.07) is 3.52. The highest BCUT2D eigenvalue weighted by Gasteiger charge is 2.17. The molecule has 4 nitrogen and oxygen atoms in total. The maximum atomic E-state index is 12.9. The Hall–Kier alpha value is -1.47. The number of aromatic nitrogens is 1. The number of benzene rings is 1. The molecule has 0 aliphatic rings. The zero-order valence-corrected chi connectivity index (χ0v) is 10.3. The number of hydrogen-bond acceptors (Lipinski definition) is 5. The van der Waals surface area contributed by atoms with E-state index in [4.69, 9.17) is 0 Å². The second-order valence-electron chi connectivity index (χ2n) is 3.23. The molecule has 88 valence electrons. The van der Waals surface area contributed by atoms with E-state index in [0.29, 0.717) is 9.24 Å². The summed E-state index contributed by atoms with van der Waals surface area (Å²) in [5.74, 6) is -0.614. The fourth-order valence-electron chi connectivity index (χ4n) is 1.19. The van der Waals surface area contributed by atoms with Crippen LogP contribution in [0, 0.1) is 22.9 Å². The van der Waals surface area contributed by atoms with Gasteiger partial charge in [-0.3, -0.25) is 10.1 Å². The molecular weight excluding hydrogens is 263 g/mol. The van der Waals surface area contributed by atoms with Crippen molar-refractivity contribution in [3.8, 4) is 0 Å². The van der Waals surface area contributed by atoms with Gasteiger partial charge in [0.25, 0.3) is 5.69 Å². The Bertz CT molecular complexity index is 571. The van der Waals surface area contributed by atoms with Crippen LogP contribution in [0.5, 0.6) is 0 Å². The lowest BCUT2D eigenvalue weighted by molar-refractivity contribution is -0.387. The van der Waals surface area contributed by atoms with Gasteiger partial charge in [-0.15, -0.1) is 11.3 Å². The van der Waals surface area contributed by atoms with E-state index in [0.717, 1.165) is 11.8 Å². The molecule has 0 N–H and O–H groups in total. The topological polar surface area (TPSA) is 56.0 Å². The van der Waals surface area contributed by atoms with Crippen LogP contribution in [0.1, 0.15) is 5.69 Å². The summed E-state index contributed by atoms with van der Waals surface area (Å²) in [5.41, 5.74) is 0.630. The first kappa shape index (κ1) is 12.0. The maximum Gasteiger partial charge on any atom is 0.286 e. The molecule has 0 bridgehead atoms. The molecule has 0 radical (unpaired) electrons. The molecule has 17 heavy (non-hydrogen) atoms. The molecule has 0 fully saturated rings. The standard InChI is InChI=1S/C10H7FN2O2S2/c1-6-5-16-10(12-6)17-9-3-2-7(11)4-8(9)13(14)15/h2-5H,1H3. The minimum atomic E-state index is -0.614. The number of halogens is 1. The predicted molar refractivity (Wildman–Crippen MR) is 64.0 cm³/mol. The number of rotatable bonds is 3. The lowest BCUT2D eigenvalue weighted by Crippen LogP contribution is -1.91. The third-order valence-electron chi connectivity index (χ3n) is 1.91. The second kappa shape index (κ2) is 4.80. The van der Waals surface area contributed by atoms with Crippen LogP contribution in [0.15, 0.2) is 32.8 Å². The molecule has 1 heterocycles. The number of nitrogens with zero attached hydrogens (tertiary/aromatic N) is 2. The molecule has 0 unspecified atom stereocenters. The number of nitro benzene ring substituents is 1. The first-order chi connectivity index (χ1) is 8.06. The summed E-state index contributed by atoms with van der Waals surface area (Å²) in [6.45, 7) is 1.85. The van der Waals surface area contributed by atoms with Gasteiger partial charge >= 0.3 is 0 Å². The van der Waals surface area contributed by atoms with Gasteiger partial charge in [0, 0.05) is 11.1 Å². The normalized spacial score (nSPS) is 10.5. The Morgan fingerprint density at radius 2 is 2.29 bits per heavy atom. The van der Waals surface area contributed by atoms with Crippen LogP contribution >= 0.6 is 23.1 Å². The quantitative estimate of drug-likeness (QED) is 0.631. The van der Waals surface area contributed by atoms with Crippen molar-refractivity contribution in [3.05, 3.63) is 45.2 Å².